The molecule has 0 radical (unpaired) electrons. The zero-order chi connectivity index (χ0) is 16.8. The molecule has 1 unspecified atom stereocenters. The summed E-state index contributed by atoms with van der Waals surface area (Å²) in [6, 6.07) is 5.22. The highest BCUT2D eigenvalue weighted by Gasteiger charge is 2.15. The van der Waals surface area contributed by atoms with Crippen molar-refractivity contribution in [3.63, 3.8) is 0 Å². The summed E-state index contributed by atoms with van der Waals surface area (Å²) < 4.78 is 25.8. The van der Waals surface area contributed by atoms with Gasteiger partial charge in [-0.05, 0) is 24.3 Å². The summed E-state index contributed by atoms with van der Waals surface area (Å²) in [5, 5.41) is 11.2. The third-order valence-corrected chi connectivity index (χ3v) is 4.20. The predicted octanol–water partition coefficient (Wildman–Crippen LogP) is 0.0486. The largest absolute Gasteiger partial charge is 0.481 e. The lowest BCUT2D eigenvalue weighted by atomic mass is 10.1. The van der Waals surface area contributed by atoms with E-state index in [1.807, 2.05) is 0 Å². The Morgan fingerprint density at radius 1 is 1.32 bits per heavy atom. The summed E-state index contributed by atoms with van der Waals surface area (Å²) in [6.45, 7) is 1.32. The molecule has 0 spiro atoms. The van der Waals surface area contributed by atoms with Crippen LogP contribution in [-0.2, 0) is 14.8 Å². The Bertz CT molecular complexity index is 689. The summed E-state index contributed by atoms with van der Waals surface area (Å²) in [4.78, 5) is 22.4. The van der Waals surface area contributed by atoms with Crippen LogP contribution in [0, 0.1) is 18.3 Å². The topological polar surface area (TPSA) is 113 Å². The van der Waals surface area contributed by atoms with Crippen molar-refractivity contribution < 1.29 is 23.1 Å². The summed E-state index contributed by atoms with van der Waals surface area (Å²) >= 11 is 0. The number of terminal acetylenes is 1. The Kier molecular flexibility index (Phi) is 6.10. The van der Waals surface area contributed by atoms with Gasteiger partial charge in [-0.3, -0.25) is 9.59 Å². The van der Waals surface area contributed by atoms with Crippen LogP contribution in [0.25, 0.3) is 0 Å². The lowest BCUT2D eigenvalue weighted by Gasteiger charge is -2.09. The molecule has 0 fully saturated rings. The number of amides is 1. The second-order valence-corrected chi connectivity index (χ2v) is 6.27. The molecule has 0 saturated heterocycles. The maximum Gasteiger partial charge on any atom is 0.308 e. The number of carboxylic acids is 1. The van der Waals surface area contributed by atoms with Crippen molar-refractivity contribution in [1.29, 1.82) is 0 Å². The highest BCUT2D eigenvalue weighted by molar-refractivity contribution is 7.89. The molecule has 0 aliphatic carbocycles. The average Bonchev–Trinajstić information content (AvgIpc) is 2.50. The molecule has 0 aliphatic rings. The molecule has 118 valence electrons. The Balaban J connectivity index is 2.75. The molecule has 1 amide bonds. The Hall–Kier alpha value is -2.37. The fourth-order valence-electron chi connectivity index (χ4n) is 1.44. The molecule has 0 heterocycles. The standard InChI is InChI=1S/C14H16N2O5S/c1-3-8-16-22(20,21)12-6-4-11(5-7-12)13(17)15-9-10(2)14(18)19/h1,4-7,10,16H,8-9H2,2H3,(H,15,17)(H,18,19). The third kappa shape index (κ3) is 4.87. The van der Waals surface area contributed by atoms with Gasteiger partial charge in [0.1, 0.15) is 0 Å². The van der Waals surface area contributed by atoms with Crippen molar-refractivity contribution in [2.24, 2.45) is 5.92 Å². The van der Waals surface area contributed by atoms with Gasteiger partial charge in [-0.1, -0.05) is 12.8 Å². The molecule has 1 aromatic carbocycles. The van der Waals surface area contributed by atoms with Crippen LogP contribution in [0.3, 0.4) is 0 Å². The van der Waals surface area contributed by atoms with Crippen LogP contribution in [0.2, 0.25) is 0 Å². The number of benzene rings is 1. The number of sulfonamides is 1. The highest BCUT2D eigenvalue weighted by Crippen LogP contribution is 2.10. The van der Waals surface area contributed by atoms with E-state index in [9.17, 15) is 18.0 Å². The molecule has 1 atom stereocenters. The quantitative estimate of drug-likeness (QED) is 0.613. The van der Waals surface area contributed by atoms with E-state index in [2.05, 4.69) is 16.0 Å². The smallest absolute Gasteiger partial charge is 0.308 e. The van der Waals surface area contributed by atoms with Crippen LogP contribution in [0.1, 0.15) is 17.3 Å². The van der Waals surface area contributed by atoms with Crippen LogP contribution in [0.4, 0.5) is 0 Å². The van der Waals surface area contributed by atoms with Crippen molar-refractivity contribution in [3.05, 3.63) is 29.8 Å². The highest BCUT2D eigenvalue weighted by atomic mass is 32.2. The first-order valence-electron chi connectivity index (χ1n) is 6.32. The van der Waals surface area contributed by atoms with E-state index in [0.717, 1.165) is 0 Å². The fourth-order valence-corrected chi connectivity index (χ4v) is 2.38. The first-order valence-corrected chi connectivity index (χ1v) is 7.80. The molecule has 8 heteroatoms. The lowest BCUT2D eigenvalue weighted by Crippen LogP contribution is -2.31. The lowest BCUT2D eigenvalue weighted by molar-refractivity contribution is -0.140. The number of rotatable bonds is 7. The van der Waals surface area contributed by atoms with Gasteiger partial charge in [0.2, 0.25) is 10.0 Å². The van der Waals surface area contributed by atoms with E-state index in [1.54, 1.807) is 0 Å². The zero-order valence-electron chi connectivity index (χ0n) is 11.9. The van der Waals surface area contributed by atoms with Gasteiger partial charge in [0.25, 0.3) is 5.91 Å². The first kappa shape index (κ1) is 17.7. The van der Waals surface area contributed by atoms with Crippen molar-refractivity contribution in [3.8, 4) is 12.3 Å². The van der Waals surface area contributed by atoms with Gasteiger partial charge in [-0.2, -0.15) is 4.72 Å². The minimum absolute atomic E-state index is 0.0156. The van der Waals surface area contributed by atoms with Crippen LogP contribution >= 0.6 is 0 Å². The van der Waals surface area contributed by atoms with E-state index >= 15 is 0 Å². The molecule has 0 bridgehead atoms. The van der Waals surface area contributed by atoms with Crippen LogP contribution < -0.4 is 10.0 Å². The average molecular weight is 324 g/mol. The predicted molar refractivity (Wildman–Crippen MR) is 79.6 cm³/mol. The van der Waals surface area contributed by atoms with E-state index < -0.39 is 27.8 Å². The van der Waals surface area contributed by atoms with Gasteiger partial charge in [-0.15, -0.1) is 6.42 Å². The zero-order valence-corrected chi connectivity index (χ0v) is 12.7. The SMILES string of the molecule is C#CCNS(=O)(=O)c1ccc(C(=O)NCC(C)C(=O)O)cc1. The van der Waals surface area contributed by atoms with Crippen LogP contribution in [0.15, 0.2) is 29.2 Å². The van der Waals surface area contributed by atoms with Gasteiger partial charge >= 0.3 is 5.97 Å². The molecular weight excluding hydrogens is 308 g/mol. The van der Waals surface area contributed by atoms with Gasteiger partial charge in [0.05, 0.1) is 17.4 Å². The summed E-state index contributed by atoms with van der Waals surface area (Å²) in [5.41, 5.74) is 0.230. The van der Waals surface area contributed by atoms with E-state index in [1.165, 1.54) is 31.2 Å². The normalized spacial score (nSPS) is 12.2. The van der Waals surface area contributed by atoms with E-state index in [0.29, 0.717) is 0 Å². The number of carbonyl (C=O) groups is 2. The maximum atomic E-state index is 11.8. The van der Waals surface area contributed by atoms with Crippen molar-refractivity contribution >= 4 is 21.9 Å². The van der Waals surface area contributed by atoms with E-state index in [-0.39, 0.29) is 23.5 Å². The number of hydrogen-bond donors (Lipinski definition) is 3. The number of carboxylic acid groups (broad SMARTS) is 1. The maximum absolute atomic E-state index is 11.8. The Labute approximate surface area is 128 Å². The van der Waals surface area contributed by atoms with Gasteiger partial charge in [0.15, 0.2) is 0 Å². The summed E-state index contributed by atoms with van der Waals surface area (Å²) in [5.74, 6) is -0.0451. The summed E-state index contributed by atoms with van der Waals surface area (Å²) in [6.07, 6.45) is 4.98. The molecule has 22 heavy (non-hydrogen) atoms. The van der Waals surface area contributed by atoms with E-state index in [4.69, 9.17) is 11.5 Å². The Morgan fingerprint density at radius 3 is 2.41 bits per heavy atom. The Morgan fingerprint density at radius 2 is 1.91 bits per heavy atom. The van der Waals surface area contributed by atoms with Gasteiger partial charge in [-0.25, -0.2) is 8.42 Å². The van der Waals surface area contributed by atoms with Crippen molar-refractivity contribution in [1.82, 2.24) is 10.0 Å². The van der Waals surface area contributed by atoms with Crippen molar-refractivity contribution in [2.45, 2.75) is 11.8 Å². The number of nitrogens with one attached hydrogen (secondary N) is 2. The van der Waals surface area contributed by atoms with Gasteiger partial charge < -0.3 is 10.4 Å². The minimum atomic E-state index is -3.70. The summed E-state index contributed by atoms with van der Waals surface area (Å²) in [7, 11) is -3.70. The molecule has 1 aromatic rings. The second kappa shape index (κ2) is 7.59. The van der Waals surface area contributed by atoms with Gasteiger partial charge in [0, 0.05) is 12.1 Å². The third-order valence-electron chi connectivity index (χ3n) is 2.78. The molecular formula is C14H16N2O5S. The first-order chi connectivity index (χ1) is 10.3. The molecule has 0 aliphatic heterocycles. The second-order valence-electron chi connectivity index (χ2n) is 4.50. The molecule has 3 N–H and O–H groups in total. The van der Waals surface area contributed by atoms with Crippen LogP contribution in [0.5, 0.6) is 0 Å². The molecule has 0 saturated carbocycles. The minimum Gasteiger partial charge on any atom is -0.481 e. The van der Waals surface area contributed by atoms with Crippen molar-refractivity contribution in [2.75, 3.05) is 13.1 Å². The molecule has 0 aromatic heterocycles. The monoisotopic (exact) mass is 324 g/mol. The molecule has 1 rings (SSSR count). The number of aliphatic carboxylic acids is 1. The fraction of sp³-hybridized carbons (Fsp3) is 0.286. The van der Waals surface area contributed by atoms with Crippen LogP contribution in [-0.4, -0.2) is 38.5 Å². The number of hydrogen-bond acceptors (Lipinski definition) is 4. The number of carbonyl (C=O) groups excluding carboxylic acids is 1. The molecule has 7 nitrogen and oxygen atoms in total.